The van der Waals surface area contributed by atoms with Gasteiger partial charge in [-0.1, -0.05) is 120 Å². The second kappa shape index (κ2) is 14.4. The van der Waals surface area contributed by atoms with Crippen molar-refractivity contribution in [3.63, 3.8) is 0 Å². The molecule has 0 aromatic heterocycles. The molecule has 2 aromatic carbocycles. The van der Waals surface area contributed by atoms with Gasteiger partial charge in [-0.3, -0.25) is 0 Å². The van der Waals surface area contributed by atoms with E-state index in [2.05, 4.69) is 35.9 Å². The first-order valence-corrected chi connectivity index (χ1v) is 13.3. The zero-order valence-electron chi connectivity index (χ0n) is 20.4. The minimum absolute atomic E-state index is 0.197. The summed E-state index contributed by atoms with van der Waals surface area (Å²) in [6, 6.07) is 15.6. The molecule has 0 saturated heterocycles. The van der Waals surface area contributed by atoms with Gasteiger partial charge in [0.05, 0.1) is 0 Å². The Labute approximate surface area is 199 Å². The van der Waals surface area contributed by atoms with Crippen LogP contribution in [-0.4, -0.2) is 6.61 Å². The van der Waals surface area contributed by atoms with E-state index < -0.39 is 6.61 Å². The van der Waals surface area contributed by atoms with Crippen molar-refractivity contribution >= 4 is 0 Å². The normalized spacial score (nSPS) is 18.5. The molecule has 0 spiro atoms. The van der Waals surface area contributed by atoms with Gasteiger partial charge in [-0.15, -0.1) is 0 Å². The van der Waals surface area contributed by atoms with E-state index >= 15 is 0 Å². The quantitative estimate of drug-likeness (QED) is 0.257. The van der Waals surface area contributed by atoms with Crippen LogP contribution >= 0.6 is 0 Å². The third-order valence-corrected chi connectivity index (χ3v) is 7.39. The van der Waals surface area contributed by atoms with Gasteiger partial charge in [-0.2, -0.15) is 8.78 Å². The van der Waals surface area contributed by atoms with E-state index in [4.69, 9.17) is 0 Å². The van der Waals surface area contributed by atoms with Gasteiger partial charge in [0.25, 0.3) is 0 Å². The average molecular weight is 457 g/mol. The minimum atomic E-state index is -2.78. The fourth-order valence-electron chi connectivity index (χ4n) is 5.26. The van der Waals surface area contributed by atoms with Gasteiger partial charge in [0, 0.05) is 0 Å². The monoisotopic (exact) mass is 456 g/mol. The fraction of sp³-hybridized carbons (Fsp3) is 0.600. The molecule has 3 rings (SSSR count). The first-order valence-electron chi connectivity index (χ1n) is 13.3. The maximum absolute atomic E-state index is 12.3. The van der Waals surface area contributed by atoms with Crippen molar-refractivity contribution in [3.8, 4) is 16.9 Å². The molecular weight excluding hydrogens is 414 g/mol. The topological polar surface area (TPSA) is 9.23 Å². The van der Waals surface area contributed by atoms with Crippen molar-refractivity contribution < 1.29 is 13.5 Å². The van der Waals surface area contributed by atoms with Crippen LogP contribution in [0, 0.1) is 11.8 Å². The highest BCUT2D eigenvalue weighted by atomic mass is 19.3. The summed E-state index contributed by atoms with van der Waals surface area (Å²) >= 11 is 0. The summed E-state index contributed by atoms with van der Waals surface area (Å²) in [7, 11) is 0. The molecule has 182 valence electrons. The molecule has 0 atom stereocenters. The summed E-state index contributed by atoms with van der Waals surface area (Å²) in [6.07, 6.45) is 19.5. The highest BCUT2D eigenvalue weighted by Gasteiger charge is 2.20. The molecule has 1 fully saturated rings. The molecular formula is C30H42F2O. The van der Waals surface area contributed by atoms with E-state index in [9.17, 15) is 8.78 Å². The fourth-order valence-corrected chi connectivity index (χ4v) is 5.26. The lowest BCUT2D eigenvalue weighted by atomic mass is 9.77. The second-order valence-corrected chi connectivity index (χ2v) is 9.94. The van der Waals surface area contributed by atoms with Crippen LogP contribution in [0.3, 0.4) is 0 Å². The van der Waals surface area contributed by atoms with E-state index in [1.807, 2.05) is 12.1 Å². The average Bonchev–Trinajstić information content (AvgIpc) is 2.83. The lowest BCUT2D eigenvalue weighted by Crippen LogP contribution is -2.15. The van der Waals surface area contributed by atoms with E-state index in [-0.39, 0.29) is 5.75 Å². The maximum atomic E-state index is 12.3. The molecule has 2 aromatic rings. The Bertz CT molecular complexity index is 761. The molecule has 0 heterocycles. The summed E-state index contributed by atoms with van der Waals surface area (Å²) in [6.45, 7) is -0.497. The van der Waals surface area contributed by atoms with Crippen LogP contribution in [0.5, 0.6) is 5.75 Å². The lowest BCUT2D eigenvalue weighted by Gasteiger charge is -2.28. The third-order valence-electron chi connectivity index (χ3n) is 7.39. The smallest absolute Gasteiger partial charge is 0.387 e. The number of halogens is 2. The second-order valence-electron chi connectivity index (χ2n) is 9.94. The summed E-state index contributed by atoms with van der Waals surface area (Å²) in [5.74, 6) is 2.06. The summed E-state index contributed by atoms with van der Waals surface area (Å²) in [5.41, 5.74) is 3.51. The van der Waals surface area contributed by atoms with Gasteiger partial charge in [-0.25, -0.2) is 0 Å². The molecule has 1 aliphatic rings. The molecule has 0 N–H and O–H groups in total. The summed E-state index contributed by atoms with van der Waals surface area (Å²) in [4.78, 5) is 0. The SMILES string of the molecule is CCCCCCCCC[C@H]1CC[C@H](CCc2ccc(-c3ccc(OC(F)F)cc3)cc2)CC1. The number of unbranched alkanes of at least 4 members (excludes halogenated alkanes) is 6. The number of hydrogen-bond acceptors (Lipinski definition) is 1. The maximum Gasteiger partial charge on any atom is 0.387 e. The Morgan fingerprint density at radius 2 is 1.21 bits per heavy atom. The molecule has 0 radical (unpaired) electrons. The molecule has 0 amide bonds. The first kappa shape index (κ1) is 25.7. The van der Waals surface area contributed by atoms with E-state index in [0.717, 1.165) is 29.4 Å². The van der Waals surface area contributed by atoms with Gasteiger partial charge in [-0.05, 0) is 53.5 Å². The van der Waals surface area contributed by atoms with Crippen molar-refractivity contribution in [2.24, 2.45) is 11.8 Å². The van der Waals surface area contributed by atoms with Crippen molar-refractivity contribution in [1.82, 2.24) is 0 Å². The largest absolute Gasteiger partial charge is 0.435 e. The Hall–Kier alpha value is -1.90. The molecule has 1 aliphatic carbocycles. The number of hydrogen-bond donors (Lipinski definition) is 0. The number of benzene rings is 2. The molecule has 0 unspecified atom stereocenters. The summed E-state index contributed by atoms with van der Waals surface area (Å²) < 4.78 is 29.0. The van der Waals surface area contributed by atoms with Gasteiger partial charge < -0.3 is 4.74 Å². The van der Waals surface area contributed by atoms with E-state index in [0.29, 0.717) is 0 Å². The zero-order valence-corrected chi connectivity index (χ0v) is 20.4. The van der Waals surface area contributed by atoms with Crippen LogP contribution in [0.4, 0.5) is 8.78 Å². The highest BCUT2D eigenvalue weighted by Crippen LogP contribution is 2.34. The van der Waals surface area contributed by atoms with E-state index in [1.165, 1.54) is 89.0 Å². The molecule has 1 saturated carbocycles. The number of ether oxygens (including phenoxy) is 1. The van der Waals surface area contributed by atoms with Crippen LogP contribution in [0.1, 0.15) is 96.0 Å². The van der Waals surface area contributed by atoms with Crippen LogP contribution in [0.2, 0.25) is 0 Å². The Morgan fingerprint density at radius 3 is 1.79 bits per heavy atom. The summed E-state index contributed by atoms with van der Waals surface area (Å²) in [5, 5.41) is 0. The minimum Gasteiger partial charge on any atom is -0.435 e. The van der Waals surface area contributed by atoms with Crippen molar-refractivity contribution in [2.75, 3.05) is 0 Å². The predicted octanol–water partition coefficient (Wildman–Crippen LogP) is 9.83. The van der Waals surface area contributed by atoms with Crippen molar-refractivity contribution in [1.29, 1.82) is 0 Å². The standard InChI is InChI=1S/C30H42F2O/c1-2-3-4-5-6-7-8-9-24-10-12-25(13-11-24)14-15-26-16-18-27(19-17-26)28-20-22-29(23-21-28)33-30(31)32/h16-25,30H,2-15H2,1H3/t24-,25-. The lowest BCUT2D eigenvalue weighted by molar-refractivity contribution is -0.0498. The van der Waals surface area contributed by atoms with Crippen LogP contribution in [0.25, 0.3) is 11.1 Å². The zero-order chi connectivity index (χ0) is 23.3. The van der Waals surface area contributed by atoms with E-state index in [1.54, 1.807) is 12.1 Å². The Morgan fingerprint density at radius 1 is 0.697 bits per heavy atom. The molecule has 0 aliphatic heterocycles. The Kier molecular flexibility index (Phi) is 11.2. The number of rotatable bonds is 14. The molecule has 0 bridgehead atoms. The van der Waals surface area contributed by atoms with Crippen LogP contribution in [0.15, 0.2) is 48.5 Å². The predicted molar refractivity (Wildman–Crippen MR) is 135 cm³/mol. The molecule has 33 heavy (non-hydrogen) atoms. The highest BCUT2D eigenvalue weighted by molar-refractivity contribution is 5.64. The molecule has 1 nitrogen and oxygen atoms in total. The van der Waals surface area contributed by atoms with Gasteiger partial charge in [0.15, 0.2) is 0 Å². The van der Waals surface area contributed by atoms with Crippen LogP contribution < -0.4 is 4.74 Å². The van der Waals surface area contributed by atoms with Gasteiger partial charge in [0.2, 0.25) is 0 Å². The third kappa shape index (κ3) is 9.47. The molecule has 3 heteroatoms. The first-order chi connectivity index (χ1) is 16.1. The number of alkyl halides is 2. The van der Waals surface area contributed by atoms with Crippen molar-refractivity contribution in [3.05, 3.63) is 54.1 Å². The van der Waals surface area contributed by atoms with Crippen LogP contribution in [-0.2, 0) is 6.42 Å². The number of aryl methyl sites for hydroxylation is 1. The van der Waals surface area contributed by atoms with Crippen molar-refractivity contribution in [2.45, 2.75) is 103 Å². The Balaban J connectivity index is 1.32. The van der Waals surface area contributed by atoms with Gasteiger partial charge >= 0.3 is 6.61 Å². The van der Waals surface area contributed by atoms with Gasteiger partial charge in [0.1, 0.15) is 5.75 Å².